The smallest absolute Gasteiger partial charge is 0.0468 e. The van der Waals surface area contributed by atoms with E-state index in [4.69, 9.17) is 5.73 Å². The van der Waals surface area contributed by atoms with Crippen molar-refractivity contribution >= 4 is 17.0 Å². The standard InChI is InChI=1S/C14H26N4S/c1-14(2,18-7-5-17(3)6-8-18)11-16-10-13-12(15)4-9-19-13/h4,9,16H,5-8,10-11,15H2,1-3H3. The molecule has 0 aliphatic carbocycles. The molecule has 2 rings (SSSR count). The Hall–Kier alpha value is -0.620. The Balaban J connectivity index is 1.79. The Morgan fingerprint density at radius 2 is 2.00 bits per heavy atom. The predicted molar refractivity (Wildman–Crippen MR) is 83.6 cm³/mol. The first-order chi connectivity index (χ1) is 8.99. The predicted octanol–water partition coefficient (Wildman–Crippen LogP) is 1.45. The van der Waals surface area contributed by atoms with Crippen LogP contribution in [0.5, 0.6) is 0 Å². The molecule has 0 amide bonds. The lowest BCUT2D eigenvalue weighted by atomic mass is 10.0. The summed E-state index contributed by atoms with van der Waals surface area (Å²) < 4.78 is 0. The Morgan fingerprint density at radius 1 is 1.32 bits per heavy atom. The third kappa shape index (κ3) is 3.92. The highest BCUT2D eigenvalue weighted by Gasteiger charge is 2.28. The molecule has 0 saturated carbocycles. The van der Waals surface area contributed by atoms with E-state index in [2.05, 4.69) is 41.4 Å². The van der Waals surface area contributed by atoms with Crippen molar-refractivity contribution in [1.29, 1.82) is 0 Å². The largest absolute Gasteiger partial charge is 0.398 e. The van der Waals surface area contributed by atoms with Crippen molar-refractivity contribution in [2.75, 3.05) is 45.5 Å². The number of rotatable bonds is 5. The highest BCUT2D eigenvalue weighted by Crippen LogP contribution is 2.19. The molecule has 0 atom stereocenters. The molecule has 1 aromatic heterocycles. The number of piperazine rings is 1. The van der Waals surface area contributed by atoms with Gasteiger partial charge in [0.15, 0.2) is 0 Å². The van der Waals surface area contributed by atoms with E-state index in [0.29, 0.717) is 0 Å². The average molecular weight is 282 g/mol. The van der Waals surface area contributed by atoms with E-state index >= 15 is 0 Å². The van der Waals surface area contributed by atoms with Crippen molar-refractivity contribution < 1.29 is 0 Å². The van der Waals surface area contributed by atoms with Gasteiger partial charge in [0.1, 0.15) is 0 Å². The van der Waals surface area contributed by atoms with Crippen LogP contribution in [0.3, 0.4) is 0 Å². The van der Waals surface area contributed by atoms with E-state index in [1.807, 2.05) is 6.07 Å². The molecular formula is C14H26N4S. The van der Waals surface area contributed by atoms with Crippen LogP contribution < -0.4 is 11.1 Å². The van der Waals surface area contributed by atoms with Gasteiger partial charge in [-0.1, -0.05) is 0 Å². The number of hydrogen-bond donors (Lipinski definition) is 2. The first-order valence-corrected chi connectivity index (χ1v) is 7.83. The second-order valence-corrected chi connectivity index (χ2v) is 7.01. The van der Waals surface area contributed by atoms with Gasteiger partial charge in [-0.05, 0) is 32.3 Å². The van der Waals surface area contributed by atoms with Gasteiger partial charge in [-0.15, -0.1) is 11.3 Å². The number of hydrogen-bond acceptors (Lipinski definition) is 5. The quantitative estimate of drug-likeness (QED) is 0.858. The number of nitrogens with zero attached hydrogens (tertiary/aromatic N) is 2. The highest BCUT2D eigenvalue weighted by atomic mass is 32.1. The summed E-state index contributed by atoms with van der Waals surface area (Å²) in [6, 6.07) is 1.98. The van der Waals surface area contributed by atoms with Gasteiger partial charge in [0.25, 0.3) is 0 Å². The van der Waals surface area contributed by atoms with E-state index in [-0.39, 0.29) is 5.54 Å². The summed E-state index contributed by atoms with van der Waals surface area (Å²) in [5.41, 5.74) is 7.02. The maximum Gasteiger partial charge on any atom is 0.0468 e. The molecule has 19 heavy (non-hydrogen) atoms. The van der Waals surface area contributed by atoms with Gasteiger partial charge in [0.2, 0.25) is 0 Å². The topological polar surface area (TPSA) is 44.5 Å². The third-order valence-corrected chi connectivity index (χ3v) is 4.92. The fraction of sp³-hybridized carbons (Fsp3) is 0.714. The van der Waals surface area contributed by atoms with Gasteiger partial charge in [-0.25, -0.2) is 0 Å². The van der Waals surface area contributed by atoms with Crippen LogP contribution in [0.1, 0.15) is 18.7 Å². The maximum atomic E-state index is 5.90. The molecule has 0 bridgehead atoms. The fourth-order valence-corrected chi connectivity index (χ4v) is 3.27. The van der Waals surface area contributed by atoms with Crippen molar-refractivity contribution in [1.82, 2.24) is 15.1 Å². The van der Waals surface area contributed by atoms with Gasteiger partial charge in [-0.3, -0.25) is 4.90 Å². The van der Waals surface area contributed by atoms with Crippen molar-refractivity contribution in [2.24, 2.45) is 0 Å². The van der Waals surface area contributed by atoms with Gasteiger partial charge >= 0.3 is 0 Å². The molecule has 1 aliphatic rings. The lowest BCUT2D eigenvalue weighted by Crippen LogP contribution is -2.57. The Bertz CT molecular complexity index is 394. The van der Waals surface area contributed by atoms with Crippen molar-refractivity contribution in [3.63, 3.8) is 0 Å². The number of nitrogen functional groups attached to an aromatic ring is 1. The Morgan fingerprint density at radius 3 is 2.58 bits per heavy atom. The van der Waals surface area contributed by atoms with Gasteiger partial charge < -0.3 is 16.0 Å². The lowest BCUT2D eigenvalue weighted by molar-refractivity contribution is 0.0618. The van der Waals surface area contributed by atoms with Crippen molar-refractivity contribution in [2.45, 2.75) is 25.9 Å². The number of nitrogens with two attached hydrogens (primary N) is 1. The minimum Gasteiger partial charge on any atom is -0.398 e. The number of nitrogens with one attached hydrogen (secondary N) is 1. The summed E-state index contributed by atoms with van der Waals surface area (Å²) in [5, 5.41) is 5.61. The first-order valence-electron chi connectivity index (χ1n) is 6.95. The van der Waals surface area contributed by atoms with E-state index in [1.165, 1.54) is 18.0 Å². The third-order valence-electron chi connectivity index (χ3n) is 3.98. The zero-order valence-electron chi connectivity index (χ0n) is 12.3. The molecule has 108 valence electrons. The van der Waals surface area contributed by atoms with Crippen LogP contribution in [-0.2, 0) is 6.54 Å². The van der Waals surface area contributed by atoms with Crippen LogP contribution in [0.4, 0.5) is 5.69 Å². The van der Waals surface area contributed by atoms with Crippen LogP contribution >= 0.6 is 11.3 Å². The SMILES string of the molecule is CN1CCN(C(C)(C)CNCc2sccc2N)CC1. The van der Waals surface area contributed by atoms with Crippen LogP contribution in [0, 0.1) is 0 Å². The molecule has 0 radical (unpaired) electrons. The van der Waals surface area contributed by atoms with Crippen molar-refractivity contribution in [3.05, 3.63) is 16.3 Å². The number of thiophene rings is 1. The van der Waals surface area contributed by atoms with Crippen LogP contribution in [-0.4, -0.2) is 55.1 Å². The molecule has 1 aliphatic heterocycles. The number of anilines is 1. The van der Waals surface area contributed by atoms with Gasteiger partial charge in [0.05, 0.1) is 0 Å². The molecule has 0 aromatic carbocycles. The van der Waals surface area contributed by atoms with Crippen LogP contribution in [0.2, 0.25) is 0 Å². The number of likely N-dealkylation sites (N-methyl/N-ethyl adjacent to an activating group) is 1. The average Bonchev–Trinajstić information content (AvgIpc) is 2.75. The molecule has 4 nitrogen and oxygen atoms in total. The molecule has 1 aromatic rings. The maximum absolute atomic E-state index is 5.90. The summed E-state index contributed by atoms with van der Waals surface area (Å²) in [5.74, 6) is 0. The Labute approximate surface area is 120 Å². The lowest BCUT2D eigenvalue weighted by Gasteiger charge is -2.43. The van der Waals surface area contributed by atoms with Crippen molar-refractivity contribution in [3.8, 4) is 0 Å². The molecular weight excluding hydrogens is 256 g/mol. The van der Waals surface area contributed by atoms with E-state index in [0.717, 1.165) is 31.9 Å². The minimum absolute atomic E-state index is 0.202. The zero-order valence-corrected chi connectivity index (χ0v) is 13.1. The molecule has 2 heterocycles. The van der Waals surface area contributed by atoms with E-state index in [1.54, 1.807) is 11.3 Å². The summed E-state index contributed by atoms with van der Waals surface area (Å²) in [6.45, 7) is 11.2. The summed E-state index contributed by atoms with van der Waals surface area (Å²) in [7, 11) is 2.20. The molecule has 5 heteroatoms. The molecule has 0 unspecified atom stereocenters. The molecule has 3 N–H and O–H groups in total. The minimum atomic E-state index is 0.202. The summed E-state index contributed by atoms with van der Waals surface area (Å²) in [6.07, 6.45) is 0. The normalized spacial score (nSPS) is 18.9. The fourth-order valence-electron chi connectivity index (χ4n) is 2.50. The second-order valence-electron chi connectivity index (χ2n) is 6.01. The molecule has 1 saturated heterocycles. The second kappa shape index (κ2) is 6.22. The summed E-state index contributed by atoms with van der Waals surface area (Å²) in [4.78, 5) is 6.22. The van der Waals surface area contributed by atoms with E-state index in [9.17, 15) is 0 Å². The zero-order chi connectivity index (χ0) is 13.9. The molecule has 0 spiro atoms. The molecule has 1 fully saturated rings. The highest BCUT2D eigenvalue weighted by molar-refractivity contribution is 7.10. The summed E-state index contributed by atoms with van der Waals surface area (Å²) >= 11 is 1.73. The van der Waals surface area contributed by atoms with E-state index < -0.39 is 0 Å². The van der Waals surface area contributed by atoms with Gasteiger partial charge in [-0.2, -0.15) is 0 Å². The van der Waals surface area contributed by atoms with Crippen LogP contribution in [0.15, 0.2) is 11.4 Å². The van der Waals surface area contributed by atoms with Gasteiger partial charge in [0, 0.05) is 55.4 Å². The monoisotopic (exact) mass is 282 g/mol. The van der Waals surface area contributed by atoms with Crippen LogP contribution in [0.25, 0.3) is 0 Å². The first kappa shape index (κ1) is 14.8. The Kier molecular flexibility index (Phi) is 4.84.